The molecule has 8 atom stereocenters. The summed E-state index contributed by atoms with van der Waals surface area (Å²) in [5, 5.41) is 0. The van der Waals surface area contributed by atoms with E-state index in [1.54, 1.807) is 5.57 Å². The summed E-state index contributed by atoms with van der Waals surface area (Å²) in [6, 6.07) is 0. The molecule has 0 N–H and O–H groups in total. The first kappa shape index (κ1) is 22.4. The molecule has 2 heteroatoms. The van der Waals surface area contributed by atoms with Crippen molar-refractivity contribution < 1.29 is 9.53 Å². The Morgan fingerprint density at radius 1 is 1.07 bits per heavy atom. The number of carbonyl (C=O) groups is 1. The summed E-state index contributed by atoms with van der Waals surface area (Å²) in [5.74, 6) is 5.32. The molecule has 3 fully saturated rings. The van der Waals surface area contributed by atoms with Crippen molar-refractivity contribution in [2.75, 3.05) is 0 Å². The van der Waals surface area contributed by atoms with E-state index in [1.165, 1.54) is 57.8 Å². The van der Waals surface area contributed by atoms with Gasteiger partial charge in [0.2, 0.25) is 0 Å². The third-order valence-electron chi connectivity index (χ3n) is 10.5. The van der Waals surface area contributed by atoms with E-state index in [-0.39, 0.29) is 6.10 Å². The number of hydrogen-bond donors (Lipinski definition) is 0. The summed E-state index contributed by atoms with van der Waals surface area (Å²) >= 11 is 0. The maximum Gasteiger partial charge on any atom is 0.293 e. The molecule has 0 aromatic rings. The molecule has 0 aliphatic heterocycles. The molecule has 0 radical (unpaired) electrons. The van der Waals surface area contributed by atoms with Crippen LogP contribution >= 0.6 is 0 Å². The zero-order chi connectivity index (χ0) is 21.5. The Labute approximate surface area is 185 Å². The van der Waals surface area contributed by atoms with E-state index in [2.05, 4.69) is 40.7 Å². The van der Waals surface area contributed by atoms with Crippen LogP contribution in [0, 0.1) is 46.3 Å². The maximum absolute atomic E-state index is 10.8. The summed E-state index contributed by atoms with van der Waals surface area (Å²) < 4.78 is 5.36. The third-order valence-corrected chi connectivity index (χ3v) is 10.5. The van der Waals surface area contributed by atoms with Gasteiger partial charge in [-0.05, 0) is 91.3 Å². The summed E-state index contributed by atoms with van der Waals surface area (Å²) in [5.41, 5.74) is 2.54. The van der Waals surface area contributed by atoms with Crippen molar-refractivity contribution in [2.45, 2.75) is 111 Å². The average Bonchev–Trinajstić information content (AvgIpc) is 3.05. The fraction of sp³-hybridized carbons (Fsp3) is 0.893. The van der Waals surface area contributed by atoms with E-state index in [9.17, 15) is 4.79 Å². The summed E-state index contributed by atoms with van der Waals surface area (Å²) in [6.45, 7) is 13.2. The van der Waals surface area contributed by atoms with Crippen molar-refractivity contribution in [3.05, 3.63) is 11.6 Å². The maximum atomic E-state index is 10.8. The minimum atomic E-state index is 0.120. The number of carbonyl (C=O) groups excluding carboxylic acids is 1. The van der Waals surface area contributed by atoms with Gasteiger partial charge in [0.05, 0.1) is 0 Å². The molecule has 0 aromatic carbocycles. The van der Waals surface area contributed by atoms with Crippen LogP contribution in [0.1, 0.15) is 105 Å². The predicted octanol–water partition coefficient (Wildman–Crippen LogP) is 7.57. The Hall–Kier alpha value is -0.790. The molecular weight excluding hydrogens is 368 g/mol. The van der Waals surface area contributed by atoms with Crippen molar-refractivity contribution in [3.8, 4) is 0 Å². The van der Waals surface area contributed by atoms with Crippen LogP contribution in [-0.4, -0.2) is 12.6 Å². The number of fused-ring (bicyclic) bond motifs is 5. The van der Waals surface area contributed by atoms with Gasteiger partial charge in [0.15, 0.2) is 0 Å². The Morgan fingerprint density at radius 2 is 1.87 bits per heavy atom. The summed E-state index contributed by atoms with van der Waals surface area (Å²) in [6.07, 6.45) is 17.2. The number of rotatable bonds is 7. The van der Waals surface area contributed by atoms with E-state index < -0.39 is 0 Å². The molecule has 2 nitrogen and oxygen atoms in total. The third kappa shape index (κ3) is 3.79. The van der Waals surface area contributed by atoms with Gasteiger partial charge in [-0.3, -0.25) is 4.79 Å². The molecule has 3 saturated carbocycles. The van der Waals surface area contributed by atoms with E-state index in [0.29, 0.717) is 17.3 Å². The molecule has 0 spiro atoms. The zero-order valence-corrected chi connectivity index (χ0v) is 20.3. The van der Waals surface area contributed by atoms with E-state index in [4.69, 9.17) is 4.74 Å². The highest BCUT2D eigenvalue weighted by molar-refractivity contribution is 5.38. The van der Waals surface area contributed by atoms with Crippen LogP contribution in [0.15, 0.2) is 11.6 Å². The lowest BCUT2D eigenvalue weighted by Gasteiger charge is -2.58. The van der Waals surface area contributed by atoms with E-state index in [1.807, 2.05) is 0 Å². The first-order valence-electron chi connectivity index (χ1n) is 13.1. The smallest absolute Gasteiger partial charge is 0.293 e. The molecule has 4 aliphatic rings. The first-order chi connectivity index (χ1) is 14.3. The largest absolute Gasteiger partial charge is 0.464 e. The lowest BCUT2D eigenvalue weighted by molar-refractivity contribution is -0.136. The van der Waals surface area contributed by atoms with Crippen molar-refractivity contribution in [1.82, 2.24) is 0 Å². The molecule has 0 heterocycles. The molecule has 0 amide bonds. The minimum Gasteiger partial charge on any atom is -0.464 e. The van der Waals surface area contributed by atoms with Crippen LogP contribution < -0.4 is 0 Å². The second kappa shape index (κ2) is 8.62. The SMILES string of the molecule is CC(C)CCC[C@H](C)[C@H]1CCC2[C@@H]3CC=C4C[C@@H](OC=O)CC[C@]4(C)C3CC[C@@]21C. The van der Waals surface area contributed by atoms with Crippen LogP contribution in [-0.2, 0) is 9.53 Å². The summed E-state index contributed by atoms with van der Waals surface area (Å²) in [7, 11) is 0. The average molecular weight is 415 g/mol. The number of hydrogen-bond acceptors (Lipinski definition) is 2. The topological polar surface area (TPSA) is 26.3 Å². The normalized spacial score (nSPS) is 43.9. The van der Waals surface area contributed by atoms with Gasteiger partial charge in [-0.2, -0.15) is 0 Å². The molecule has 2 unspecified atom stereocenters. The monoisotopic (exact) mass is 414 g/mol. The van der Waals surface area contributed by atoms with Gasteiger partial charge in [-0.15, -0.1) is 0 Å². The second-order valence-electron chi connectivity index (χ2n) is 12.4. The molecule has 30 heavy (non-hydrogen) atoms. The second-order valence-corrected chi connectivity index (χ2v) is 12.4. The predicted molar refractivity (Wildman–Crippen MR) is 124 cm³/mol. The van der Waals surface area contributed by atoms with Gasteiger partial charge < -0.3 is 4.74 Å². The van der Waals surface area contributed by atoms with Crippen molar-refractivity contribution in [1.29, 1.82) is 0 Å². The Kier molecular flexibility index (Phi) is 6.44. The highest BCUT2D eigenvalue weighted by atomic mass is 16.5. The van der Waals surface area contributed by atoms with Gasteiger partial charge in [-0.1, -0.05) is 65.5 Å². The quantitative estimate of drug-likeness (QED) is 0.317. The van der Waals surface area contributed by atoms with Crippen LogP contribution in [0.4, 0.5) is 0 Å². The lowest BCUT2D eigenvalue weighted by Crippen LogP contribution is -2.51. The Morgan fingerprint density at radius 3 is 2.60 bits per heavy atom. The van der Waals surface area contributed by atoms with Gasteiger partial charge >= 0.3 is 0 Å². The van der Waals surface area contributed by atoms with Crippen LogP contribution in [0.3, 0.4) is 0 Å². The van der Waals surface area contributed by atoms with Crippen LogP contribution in [0.5, 0.6) is 0 Å². The van der Waals surface area contributed by atoms with Gasteiger partial charge in [0, 0.05) is 6.42 Å². The lowest BCUT2D eigenvalue weighted by atomic mass is 9.47. The molecule has 0 bridgehead atoms. The van der Waals surface area contributed by atoms with Gasteiger partial charge in [0.25, 0.3) is 6.47 Å². The fourth-order valence-electron chi connectivity index (χ4n) is 8.85. The van der Waals surface area contributed by atoms with Crippen molar-refractivity contribution in [3.63, 3.8) is 0 Å². The molecule has 0 saturated heterocycles. The highest BCUT2D eigenvalue weighted by Crippen LogP contribution is 2.67. The van der Waals surface area contributed by atoms with Gasteiger partial charge in [0.1, 0.15) is 6.10 Å². The Balaban J connectivity index is 1.47. The zero-order valence-electron chi connectivity index (χ0n) is 20.3. The van der Waals surface area contributed by atoms with Crippen molar-refractivity contribution in [2.24, 2.45) is 46.3 Å². The minimum absolute atomic E-state index is 0.120. The Bertz CT molecular complexity index is 651. The molecule has 0 aromatic heterocycles. The first-order valence-corrected chi connectivity index (χ1v) is 13.1. The molecular formula is C28H46O2. The number of allylic oxidation sites excluding steroid dienone is 1. The molecule has 170 valence electrons. The van der Waals surface area contributed by atoms with Crippen LogP contribution in [0.2, 0.25) is 0 Å². The van der Waals surface area contributed by atoms with Gasteiger partial charge in [-0.25, -0.2) is 0 Å². The van der Waals surface area contributed by atoms with E-state index in [0.717, 1.165) is 48.3 Å². The highest BCUT2D eigenvalue weighted by Gasteiger charge is 2.59. The van der Waals surface area contributed by atoms with Crippen molar-refractivity contribution >= 4 is 6.47 Å². The van der Waals surface area contributed by atoms with Crippen LogP contribution in [0.25, 0.3) is 0 Å². The summed E-state index contributed by atoms with van der Waals surface area (Å²) in [4.78, 5) is 10.8. The number of ether oxygens (including phenoxy) is 1. The van der Waals surface area contributed by atoms with E-state index >= 15 is 0 Å². The molecule has 4 rings (SSSR count). The fourth-order valence-corrected chi connectivity index (χ4v) is 8.85. The standard InChI is InChI=1S/C28H46O2/c1-19(2)7-6-8-20(3)24-11-12-25-23-10-9-21-17-22(30-18-29)13-15-27(21,4)26(23)14-16-28(24,25)5/h9,18-20,22-26H,6-8,10-17H2,1-5H3/t20-,22-,23-,24+,25?,26?,27-,28+/m0/s1. The molecule has 4 aliphatic carbocycles.